The highest BCUT2D eigenvalue weighted by atomic mass is 79.9. The Morgan fingerprint density at radius 2 is 1.89 bits per heavy atom. The number of halogens is 1. The Bertz CT molecular complexity index is 473. The van der Waals surface area contributed by atoms with Crippen molar-refractivity contribution in [3.63, 3.8) is 0 Å². The molecule has 1 aromatic carbocycles. The van der Waals surface area contributed by atoms with E-state index in [2.05, 4.69) is 21.2 Å². The molecule has 1 aromatic rings. The van der Waals surface area contributed by atoms with Crippen molar-refractivity contribution >= 4 is 33.5 Å². The minimum atomic E-state index is -0.967. The Morgan fingerprint density at radius 3 is 2.39 bits per heavy atom. The molecule has 0 fully saturated rings. The average Bonchev–Trinajstić information content (AvgIpc) is 2.30. The summed E-state index contributed by atoms with van der Waals surface area (Å²) in [7, 11) is 0. The Labute approximate surface area is 115 Å². The molecule has 5 heteroatoms. The fourth-order valence-corrected chi connectivity index (χ4v) is 1.93. The number of aryl methyl sites for hydroxylation is 1. The van der Waals surface area contributed by atoms with Crippen LogP contribution in [0.5, 0.6) is 0 Å². The van der Waals surface area contributed by atoms with Crippen LogP contribution < -0.4 is 5.32 Å². The molecule has 0 saturated heterocycles. The van der Waals surface area contributed by atoms with Crippen molar-refractivity contribution in [2.45, 2.75) is 20.8 Å². The van der Waals surface area contributed by atoms with Crippen molar-refractivity contribution in [3.05, 3.63) is 28.2 Å². The number of amides is 1. The first-order valence-corrected chi connectivity index (χ1v) is 6.42. The number of carbonyl (C=O) groups is 2. The van der Waals surface area contributed by atoms with E-state index >= 15 is 0 Å². The predicted molar refractivity (Wildman–Crippen MR) is 73.5 cm³/mol. The number of benzene rings is 1. The Hall–Kier alpha value is -1.36. The van der Waals surface area contributed by atoms with Crippen molar-refractivity contribution in [1.82, 2.24) is 0 Å². The molecule has 2 N–H and O–H groups in total. The van der Waals surface area contributed by atoms with Gasteiger partial charge in [0.25, 0.3) is 0 Å². The highest BCUT2D eigenvalue weighted by molar-refractivity contribution is 9.10. The molecule has 0 bridgehead atoms. The maximum absolute atomic E-state index is 11.9. The second-order valence-corrected chi connectivity index (χ2v) is 5.28. The first kappa shape index (κ1) is 14.7. The molecular formula is C13H16BrNO3. The highest BCUT2D eigenvalue weighted by Crippen LogP contribution is 2.21. The zero-order valence-electron chi connectivity index (χ0n) is 10.5. The van der Waals surface area contributed by atoms with Crippen LogP contribution >= 0.6 is 15.9 Å². The van der Waals surface area contributed by atoms with Crippen LogP contribution in [0, 0.1) is 18.8 Å². The van der Waals surface area contributed by atoms with Gasteiger partial charge < -0.3 is 10.4 Å². The maximum Gasteiger partial charge on any atom is 0.307 e. The summed E-state index contributed by atoms with van der Waals surface area (Å²) in [5.74, 6) is -2.54. The SMILES string of the molecule is Cc1cc(Br)ccc1NC(=O)C(C)C(C)C(=O)O. The number of anilines is 1. The molecule has 0 heterocycles. The zero-order valence-corrected chi connectivity index (χ0v) is 12.1. The van der Waals surface area contributed by atoms with E-state index in [-0.39, 0.29) is 5.91 Å². The van der Waals surface area contributed by atoms with Gasteiger partial charge in [0.15, 0.2) is 0 Å². The topological polar surface area (TPSA) is 66.4 Å². The van der Waals surface area contributed by atoms with Gasteiger partial charge >= 0.3 is 5.97 Å². The molecule has 98 valence electrons. The maximum atomic E-state index is 11.9. The van der Waals surface area contributed by atoms with Gasteiger partial charge in [-0.3, -0.25) is 9.59 Å². The van der Waals surface area contributed by atoms with Gasteiger partial charge in [-0.05, 0) is 30.7 Å². The normalized spacial score (nSPS) is 13.8. The summed E-state index contributed by atoms with van der Waals surface area (Å²) in [4.78, 5) is 22.7. The van der Waals surface area contributed by atoms with E-state index in [9.17, 15) is 9.59 Å². The standard InChI is InChI=1S/C13H16BrNO3/c1-7-6-10(14)4-5-11(7)15-12(16)8(2)9(3)13(17)18/h4-6,8-9H,1-3H3,(H,15,16)(H,17,18). The molecule has 0 aliphatic rings. The summed E-state index contributed by atoms with van der Waals surface area (Å²) in [5.41, 5.74) is 1.63. The summed E-state index contributed by atoms with van der Waals surface area (Å²) < 4.78 is 0.935. The zero-order chi connectivity index (χ0) is 13.9. The summed E-state index contributed by atoms with van der Waals surface area (Å²) >= 11 is 3.34. The molecule has 2 atom stereocenters. The van der Waals surface area contributed by atoms with Gasteiger partial charge in [-0.25, -0.2) is 0 Å². The van der Waals surface area contributed by atoms with Crippen LogP contribution in [-0.2, 0) is 9.59 Å². The van der Waals surface area contributed by atoms with Gasteiger partial charge in [0.1, 0.15) is 0 Å². The quantitative estimate of drug-likeness (QED) is 0.897. The fourth-order valence-electron chi connectivity index (χ4n) is 1.45. The van der Waals surface area contributed by atoms with Crippen molar-refractivity contribution < 1.29 is 14.7 Å². The fraction of sp³-hybridized carbons (Fsp3) is 0.385. The van der Waals surface area contributed by atoms with Crippen LogP contribution in [0.4, 0.5) is 5.69 Å². The molecule has 2 unspecified atom stereocenters. The van der Waals surface area contributed by atoms with Gasteiger partial charge in [0.05, 0.1) is 5.92 Å². The van der Waals surface area contributed by atoms with Crippen LogP contribution in [0.15, 0.2) is 22.7 Å². The van der Waals surface area contributed by atoms with E-state index in [1.807, 2.05) is 19.1 Å². The highest BCUT2D eigenvalue weighted by Gasteiger charge is 2.25. The van der Waals surface area contributed by atoms with Crippen molar-refractivity contribution in [1.29, 1.82) is 0 Å². The van der Waals surface area contributed by atoms with Gasteiger partial charge in [-0.1, -0.05) is 29.8 Å². The Morgan fingerprint density at radius 1 is 1.28 bits per heavy atom. The lowest BCUT2D eigenvalue weighted by molar-refractivity contribution is -0.145. The molecule has 1 rings (SSSR count). The van der Waals surface area contributed by atoms with Gasteiger partial charge in [0, 0.05) is 16.1 Å². The van der Waals surface area contributed by atoms with Crippen LogP contribution in [0.25, 0.3) is 0 Å². The minimum Gasteiger partial charge on any atom is -0.481 e. The van der Waals surface area contributed by atoms with Gasteiger partial charge in [-0.2, -0.15) is 0 Å². The predicted octanol–water partition coefficient (Wildman–Crippen LogP) is 3.05. The van der Waals surface area contributed by atoms with Crippen LogP contribution in [0.2, 0.25) is 0 Å². The molecule has 1 amide bonds. The van der Waals surface area contributed by atoms with Crippen molar-refractivity contribution in [2.24, 2.45) is 11.8 Å². The molecule has 18 heavy (non-hydrogen) atoms. The number of nitrogens with one attached hydrogen (secondary N) is 1. The average molecular weight is 314 g/mol. The summed E-state index contributed by atoms with van der Waals surface area (Å²) in [6, 6.07) is 5.50. The van der Waals surface area contributed by atoms with Crippen molar-refractivity contribution in [3.8, 4) is 0 Å². The lowest BCUT2D eigenvalue weighted by atomic mass is 9.95. The van der Waals surface area contributed by atoms with E-state index < -0.39 is 17.8 Å². The van der Waals surface area contributed by atoms with Crippen LogP contribution in [-0.4, -0.2) is 17.0 Å². The van der Waals surface area contributed by atoms with Crippen molar-refractivity contribution in [2.75, 3.05) is 5.32 Å². The lowest BCUT2D eigenvalue weighted by Gasteiger charge is -2.16. The number of aliphatic carboxylic acids is 1. The minimum absolute atomic E-state index is 0.282. The van der Waals surface area contributed by atoms with Gasteiger partial charge in [0.2, 0.25) is 5.91 Å². The number of carbonyl (C=O) groups excluding carboxylic acids is 1. The van der Waals surface area contributed by atoms with Crippen LogP contribution in [0.1, 0.15) is 19.4 Å². The smallest absolute Gasteiger partial charge is 0.307 e. The molecule has 0 radical (unpaired) electrons. The number of hydrogen-bond acceptors (Lipinski definition) is 2. The lowest BCUT2D eigenvalue weighted by Crippen LogP contribution is -2.30. The molecule has 0 saturated carbocycles. The number of carboxylic acids is 1. The Balaban J connectivity index is 2.78. The second-order valence-electron chi connectivity index (χ2n) is 4.36. The summed E-state index contributed by atoms with van der Waals surface area (Å²) in [5, 5.41) is 11.6. The molecule has 0 aliphatic heterocycles. The first-order chi connectivity index (χ1) is 8.32. The molecule has 4 nitrogen and oxygen atoms in total. The molecular weight excluding hydrogens is 298 g/mol. The van der Waals surface area contributed by atoms with Crippen LogP contribution in [0.3, 0.4) is 0 Å². The number of rotatable bonds is 4. The number of hydrogen-bond donors (Lipinski definition) is 2. The summed E-state index contributed by atoms with van der Waals surface area (Å²) in [6.07, 6.45) is 0. The largest absolute Gasteiger partial charge is 0.481 e. The third-order valence-corrected chi connectivity index (χ3v) is 3.49. The molecule has 0 aliphatic carbocycles. The van der Waals surface area contributed by atoms with E-state index in [4.69, 9.17) is 5.11 Å². The van der Waals surface area contributed by atoms with E-state index in [1.54, 1.807) is 13.0 Å². The third-order valence-electron chi connectivity index (χ3n) is 3.00. The number of carboxylic acid groups (broad SMARTS) is 1. The van der Waals surface area contributed by atoms with E-state index in [0.29, 0.717) is 5.69 Å². The molecule has 0 aromatic heterocycles. The molecule has 0 spiro atoms. The third kappa shape index (κ3) is 3.57. The summed E-state index contributed by atoms with van der Waals surface area (Å²) in [6.45, 7) is 5.02. The Kier molecular flexibility index (Phi) is 4.90. The monoisotopic (exact) mass is 313 g/mol. The second kappa shape index (κ2) is 6.00. The van der Waals surface area contributed by atoms with E-state index in [1.165, 1.54) is 6.92 Å². The van der Waals surface area contributed by atoms with Gasteiger partial charge in [-0.15, -0.1) is 0 Å². The first-order valence-electron chi connectivity index (χ1n) is 5.62. The van der Waals surface area contributed by atoms with E-state index in [0.717, 1.165) is 10.0 Å².